The van der Waals surface area contributed by atoms with Gasteiger partial charge in [0.15, 0.2) is 0 Å². The molecule has 2 nitrogen and oxygen atoms in total. The SMILES string of the molecule is CCCCCC1CC(O)c2cc(C)ccc2O1. The Labute approximate surface area is 104 Å². The summed E-state index contributed by atoms with van der Waals surface area (Å²) in [4.78, 5) is 0. The van der Waals surface area contributed by atoms with E-state index in [1.165, 1.54) is 24.8 Å². The van der Waals surface area contributed by atoms with Gasteiger partial charge in [-0.3, -0.25) is 0 Å². The lowest BCUT2D eigenvalue weighted by Crippen LogP contribution is -2.25. The van der Waals surface area contributed by atoms with Crippen LogP contribution in [0.25, 0.3) is 0 Å². The van der Waals surface area contributed by atoms with E-state index in [-0.39, 0.29) is 12.2 Å². The maximum Gasteiger partial charge on any atom is 0.125 e. The van der Waals surface area contributed by atoms with Crippen molar-refractivity contribution in [2.45, 2.75) is 58.2 Å². The van der Waals surface area contributed by atoms with Crippen molar-refractivity contribution in [1.29, 1.82) is 0 Å². The van der Waals surface area contributed by atoms with Crippen LogP contribution in [0.3, 0.4) is 0 Å². The largest absolute Gasteiger partial charge is 0.490 e. The zero-order chi connectivity index (χ0) is 12.3. The lowest BCUT2D eigenvalue weighted by atomic mass is 9.95. The first kappa shape index (κ1) is 12.4. The Hall–Kier alpha value is -1.02. The second-order valence-corrected chi connectivity index (χ2v) is 5.03. The van der Waals surface area contributed by atoms with Crippen molar-refractivity contribution in [2.24, 2.45) is 0 Å². The van der Waals surface area contributed by atoms with Crippen LogP contribution in [0.1, 0.15) is 56.3 Å². The molecule has 1 aliphatic rings. The molecule has 2 rings (SSSR count). The zero-order valence-electron chi connectivity index (χ0n) is 10.8. The molecule has 2 atom stereocenters. The Kier molecular flexibility index (Phi) is 4.06. The van der Waals surface area contributed by atoms with Crippen molar-refractivity contribution in [2.75, 3.05) is 0 Å². The second kappa shape index (κ2) is 5.54. The summed E-state index contributed by atoms with van der Waals surface area (Å²) in [6, 6.07) is 6.06. The molecule has 1 aliphatic heterocycles. The third-order valence-corrected chi connectivity index (χ3v) is 3.43. The molecule has 0 bridgehead atoms. The number of benzene rings is 1. The molecule has 0 aliphatic carbocycles. The highest BCUT2D eigenvalue weighted by Crippen LogP contribution is 2.36. The van der Waals surface area contributed by atoms with Gasteiger partial charge in [-0.25, -0.2) is 0 Å². The molecule has 1 N–H and O–H groups in total. The molecule has 94 valence electrons. The van der Waals surface area contributed by atoms with Crippen molar-refractivity contribution >= 4 is 0 Å². The van der Waals surface area contributed by atoms with Crippen molar-refractivity contribution in [3.8, 4) is 5.75 Å². The van der Waals surface area contributed by atoms with Gasteiger partial charge in [-0.2, -0.15) is 0 Å². The van der Waals surface area contributed by atoms with Crippen LogP contribution in [0.5, 0.6) is 5.75 Å². The van der Waals surface area contributed by atoms with E-state index in [4.69, 9.17) is 4.74 Å². The first-order valence-electron chi connectivity index (χ1n) is 6.66. The summed E-state index contributed by atoms with van der Waals surface area (Å²) in [6.45, 7) is 4.25. The highest BCUT2D eigenvalue weighted by atomic mass is 16.5. The molecular formula is C15H22O2. The van der Waals surface area contributed by atoms with Crippen LogP contribution in [0.2, 0.25) is 0 Å². The minimum atomic E-state index is -0.356. The van der Waals surface area contributed by atoms with Gasteiger partial charge in [0.1, 0.15) is 11.9 Å². The summed E-state index contributed by atoms with van der Waals surface area (Å²) in [5.74, 6) is 0.871. The number of fused-ring (bicyclic) bond motifs is 1. The molecule has 2 unspecified atom stereocenters. The lowest BCUT2D eigenvalue weighted by molar-refractivity contribution is 0.0605. The van der Waals surface area contributed by atoms with Crippen LogP contribution in [0.15, 0.2) is 18.2 Å². The molecule has 0 spiro atoms. The normalized spacial score (nSPS) is 23.0. The standard InChI is InChI=1S/C15H22O2/c1-3-4-5-6-12-10-14(16)13-9-11(2)7-8-15(13)17-12/h7-9,12,14,16H,3-6,10H2,1-2H3. The van der Waals surface area contributed by atoms with E-state index in [0.717, 1.165) is 24.2 Å². The van der Waals surface area contributed by atoms with E-state index in [1.54, 1.807) is 0 Å². The monoisotopic (exact) mass is 234 g/mol. The summed E-state index contributed by atoms with van der Waals surface area (Å²) in [5.41, 5.74) is 2.13. The number of aliphatic hydroxyl groups excluding tert-OH is 1. The topological polar surface area (TPSA) is 29.5 Å². The zero-order valence-corrected chi connectivity index (χ0v) is 10.8. The first-order chi connectivity index (χ1) is 8.20. The molecule has 0 fully saturated rings. The highest BCUT2D eigenvalue weighted by Gasteiger charge is 2.26. The van der Waals surface area contributed by atoms with Crippen molar-refractivity contribution in [3.63, 3.8) is 0 Å². The van der Waals surface area contributed by atoms with Gasteiger partial charge in [-0.15, -0.1) is 0 Å². The summed E-state index contributed by atoms with van der Waals surface area (Å²) >= 11 is 0. The molecule has 17 heavy (non-hydrogen) atoms. The van der Waals surface area contributed by atoms with Crippen LogP contribution in [0, 0.1) is 6.92 Å². The van der Waals surface area contributed by atoms with E-state index in [2.05, 4.69) is 6.92 Å². The molecule has 1 aromatic rings. The molecule has 0 aromatic heterocycles. The van der Waals surface area contributed by atoms with Gasteiger partial charge in [0.2, 0.25) is 0 Å². The Morgan fingerprint density at radius 3 is 2.94 bits per heavy atom. The van der Waals surface area contributed by atoms with Gasteiger partial charge >= 0.3 is 0 Å². The fourth-order valence-electron chi connectivity index (χ4n) is 2.44. The Morgan fingerprint density at radius 2 is 2.18 bits per heavy atom. The molecule has 1 heterocycles. The number of aryl methyl sites for hydroxylation is 1. The maximum atomic E-state index is 10.1. The fraction of sp³-hybridized carbons (Fsp3) is 0.600. The Balaban J connectivity index is 2.03. The molecule has 1 aromatic carbocycles. The number of ether oxygens (including phenoxy) is 1. The quantitative estimate of drug-likeness (QED) is 0.804. The average Bonchev–Trinajstić information content (AvgIpc) is 2.31. The molecular weight excluding hydrogens is 212 g/mol. The van der Waals surface area contributed by atoms with Crippen molar-refractivity contribution in [3.05, 3.63) is 29.3 Å². The average molecular weight is 234 g/mol. The van der Waals surface area contributed by atoms with Crippen molar-refractivity contribution in [1.82, 2.24) is 0 Å². The van der Waals surface area contributed by atoms with Crippen LogP contribution in [-0.2, 0) is 0 Å². The van der Waals surface area contributed by atoms with Crippen LogP contribution in [0.4, 0.5) is 0 Å². The molecule has 2 heteroatoms. The van der Waals surface area contributed by atoms with Gasteiger partial charge in [-0.05, 0) is 31.9 Å². The van der Waals surface area contributed by atoms with Gasteiger partial charge < -0.3 is 9.84 Å². The predicted octanol–water partition coefficient (Wildman–Crippen LogP) is 3.76. The van der Waals surface area contributed by atoms with Gasteiger partial charge in [0.25, 0.3) is 0 Å². The molecule has 0 saturated heterocycles. The number of unbranched alkanes of at least 4 members (excludes halogenated alkanes) is 2. The smallest absolute Gasteiger partial charge is 0.125 e. The van der Waals surface area contributed by atoms with Crippen LogP contribution >= 0.6 is 0 Å². The minimum absolute atomic E-state index is 0.187. The summed E-state index contributed by atoms with van der Waals surface area (Å²) in [6.07, 6.45) is 5.28. The number of hydrogen-bond acceptors (Lipinski definition) is 2. The highest BCUT2D eigenvalue weighted by molar-refractivity contribution is 5.40. The minimum Gasteiger partial charge on any atom is -0.490 e. The predicted molar refractivity (Wildman–Crippen MR) is 69.3 cm³/mol. The lowest BCUT2D eigenvalue weighted by Gasteiger charge is -2.30. The summed E-state index contributed by atoms with van der Waals surface area (Å²) in [5, 5.41) is 10.1. The molecule has 0 radical (unpaired) electrons. The maximum absolute atomic E-state index is 10.1. The third kappa shape index (κ3) is 3.01. The van der Waals surface area contributed by atoms with Gasteiger partial charge in [0.05, 0.1) is 6.10 Å². The van der Waals surface area contributed by atoms with Crippen LogP contribution in [-0.4, -0.2) is 11.2 Å². The van der Waals surface area contributed by atoms with E-state index < -0.39 is 0 Å². The Morgan fingerprint density at radius 1 is 1.35 bits per heavy atom. The summed E-state index contributed by atoms with van der Waals surface area (Å²) < 4.78 is 5.94. The number of rotatable bonds is 4. The Bertz CT molecular complexity index is 373. The second-order valence-electron chi connectivity index (χ2n) is 5.03. The molecule has 0 amide bonds. The van der Waals surface area contributed by atoms with Gasteiger partial charge in [0, 0.05) is 12.0 Å². The third-order valence-electron chi connectivity index (χ3n) is 3.43. The number of aliphatic hydroxyl groups is 1. The van der Waals surface area contributed by atoms with E-state index >= 15 is 0 Å². The van der Waals surface area contributed by atoms with Crippen molar-refractivity contribution < 1.29 is 9.84 Å². The molecule has 0 saturated carbocycles. The number of hydrogen-bond donors (Lipinski definition) is 1. The fourth-order valence-corrected chi connectivity index (χ4v) is 2.44. The first-order valence-corrected chi connectivity index (χ1v) is 6.66. The van der Waals surface area contributed by atoms with E-state index in [0.29, 0.717) is 0 Å². The van der Waals surface area contributed by atoms with Gasteiger partial charge in [-0.1, -0.05) is 31.4 Å². The van der Waals surface area contributed by atoms with Crippen LogP contribution < -0.4 is 4.74 Å². The summed E-state index contributed by atoms with van der Waals surface area (Å²) in [7, 11) is 0. The van der Waals surface area contributed by atoms with E-state index in [9.17, 15) is 5.11 Å². The van der Waals surface area contributed by atoms with E-state index in [1.807, 2.05) is 25.1 Å².